The number of imidazole rings is 1. The second kappa shape index (κ2) is 13.8. The number of amides is 3. The maximum atomic E-state index is 14.6. The molecule has 2 aromatic carbocycles. The molecule has 5 atom stereocenters. The summed E-state index contributed by atoms with van der Waals surface area (Å²) in [6.45, 7) is 5.59. The van der Waals surface area contributed by atoms with Gasteiger partial charge in [0.05, 0.1) is 22.3 Å². The van der Waals surface area contributed by atoms with Crippen LogP contribution >= 0.6 is 0 Å². The van der Waals surface area contributed by atoms with Crippen LogP contribution in [-0.4, -0.2) is 75.6 Å². The molecule has 2 aliphatic heterocycles. The maximum Gasteiger partial charge on any atom is 0.297 e. The number of ether oxygens (including phenoxy) is 1. The van der Waals surface area contributed by atoms with E-state index in [1.165, 1.54) is 17.0 Å². The van der Waals surface area contributed by atoms with E-state index in [0.717, 1.165) is 31.4 Å². The summed E-state index contributed by atoms with van der Waals surface area (Å²) in [5.41, 5.74) is 0.413. The van der Waals surface area contributed by atoms with Gasteiger partial charge in [0.25, 0.3) is 11.9 Å². The highest BCUT2D eigenvalue weighted by Crippen LogP contribution is 2.47. The predicted molar refractivity (Wildman–Crippen MR) is 194 cm³/mol. The molecule has 0 bridgehead atoms. The van der Waals surface area contributed by atoms with Crippen LogP contribution in [-0.2, 0) is 24.4 Å². The molecule has 14 heteroatoms. The summed E-state index contributed by atoms with van der Waals surface area (Å²) in [6.07, 6.45) is 8.28. The smallest absolute Gasteiger partial charge is 0.297 e. The average molecular weight is 735 g/mol. The van der Waals surface area contributed by atoms with Gasteiger partial charge in [-0.3, -0.25) is 23.7 Å². The minimum absolute atomic E-state index is 0.0643. The minimum Gasteiger partial charge on any atom is -0.459 e. The first-order valence-corrected chi connectivity index (χ1v) is 19.8. The van der Waals surface area contributed by atoms with Gasteiger partial charge in [-0.15, -0.1) is 0 Å². The highest BCUT2D eigenvalue weighted by atomic mass is 32.2. The summed E-state index contributed by atoms with van der Waals surface area (Å²) in [7, 11) is -3.96. The molecule has 0 spiro atoms. The number of allylic oxidation sites excluding steroid dienone is 1. The number of para-hydroxylation sites is 1. The standard InChI is InChI=1S/C38H47FN6O6S/c1-24(2)45-31-17-16-26(39)20-30(31)41-36(45)51-28-21-32-33(46)42-38(35(48)43-52(49,50)37(3)18-19-37)22-25(38)12-8-5-4-6-11-15-29(34(47)44(32)23-28)40-27-13-9-7-10-14-27/h7-10,12-14,16-17,20,24-25,28-29,32,40H,4-6,11,15,18-19,21-23H2,1-3H3,(H,42,46)(H,43,48)/b12-8-/t25-,28+,29-,32-,38+/m0/s1. The fourth-order valence-electron chi connectivity index (χ4n) is 7.46. The van der Waals surface area contributed by atoms with Crippen LogP contribution in [0.25, 0.3) is 11.0 Å². The number of hydrogen-bond donors (Lipinski definition) is 3. The van der Waals surface area contributed by atoms with Crippen LogP contribution in [0.5, 0.6) is 6.01 Å². The van der Waals surface area contributed by atoms with Crippen molar-refractivity contribution in [1.29, 1.82) is 0 Å². The fourth-order valence-corrected chi connectivity index (χ4v) is 8.78. The number of rotatable bonds is 8. The lowest BCUT2D eigenvalue weighted by molar-refractivity contribution is -0.140. The molecule has 2 saturated carbocycles. The number of nitrogens with one attached hydrogen (secondary N) is 3. The molecule has 12 nitrogen and oxygen atoms in total. The van der Waals surface area contributed by atoms with Crippen LogP contribution < -0.4 is 20.1 Å². The maximum absolute atomic E-state index is 14.6. The summed E-state index contributed by atoms with van der Waals surface area (Å²) >= 11 is 0. The average Bonchev–Trinajstić information content (AvgIpc) is 3.92. The van der Waals surface area contributed by atoms with E-state index in [9.17, 15) is 27.2 Å². The number of benzene rings is 2. The quantitative estimate of drug-likeness (QED) is 0.274. The zero-order valence-electron chi connectivity index (χ0n) is 29.8. The lowest BCUT2D eigenvalue weighted by Gasteiger charge is -2.30. The lowest BCUT2D eigenvalue weighted by atomic mass is 10.0. The van der Waals surface area contributed by atoms with E-state index in [-0.39, 0.29) is 37.3 Å². The van der Waals surface area contributed by atoms with Gasteiger partial charge in [-0.1, -0.05) is 43.2 Å². The topological polar surface area (TPSA) is 152 Å². The van der Waals surface area contributed by atoms with Crippen molar-refractivity contribution in [2.75, 3.05) is 11.9 Å². The first-order chi connectivity index (χ1) is 24.8. The Morgan fingerprint density at radius 3 is 2.60 bits per heavy atom. The molecule has 3 amide bonds. The molecule has 7 rings (SSSR count). The lowest BCUT2D eigenvalue weighted by Crippen LogP contribution is -2.58. The molecule has 4 aliphatic rings. The largest absolute Gasteiger partial charge is 0.459 e. The zero-order valence-corrected chi connectivity index (χ0v) is 30.6. The molecule has 52 heavy (non-hydrogen) atoms. The Morgan fingerprint density at radius 1 is 1.10 bits per heavy atom. The van der Waals surface area contributed by atoms with Gasteiger partial charge in [-0.25, -0.2) is 12.8 Å². The van der Waals surface area contributed by atoms with Crippen molar-refractivity contribution >= 4 is 44.5 Å². The number of hydrogen-bond acceptors (Lipinski definition) is 8. The minimum atomic E-state index is -3.96. The Labute approximate surface area is 303 Å². The zero-order chi connectivity index (χ0) is 36.8. The third-order valence-electron chi connectivity index (χ3n) is 11.0. The van der Waals surface area contributed by atoms with E-state index in [1.54, 1.807) is 13.0 Å². The third kappa shape index (κ3) is 7.01. The number of carbonyl (C=O) groups is 3. The van der Waals surface area contributed by atoms with Crippen molar-refractivity contribution < 1.29 is 31.9 Å². The van der Waals surface area contributed by atoms with Gasteiger partial charge in [-0.05, 0) is 83.6 Å². The van der Waals surface area contributed by atoms with E-state index in [0.29, 0.717) is 30.3 Å². The van der Waals surface area contributed by atoms with Gasteiger partial charge in [0.2, 0.25) is 21.8 Å². The van der Waals surface area contributed by atoms with Crippen LogP contribution in [0.2, 0.25) is 0 Å². The SMILES string of the molecule is CC(C)n1c(O[C@@H]2C[C@H]3C(=O)N[C@]4(C(=O)NS(=O)(=O)C5(C)CC5)C[C@@H]4/C=C\CCCCC[C@H](Nc4ccccc4)C(=O)N3C2)nc2cc(F)ccc21. The van der Waals surface area contributed by atoms with E-state index in [1.807, 2.05) is 60.9 Å². The Morgan fingerprint density at radius 2 is 1.87 bits per heavy atom. The Kier molecular flexibility index (Phi) is 9.55. The monoisotopic (exact) mass is 734 g/mol. The molecule has 3 aromatic rings. The molecule has 278 valence electrons. The number of aromatic nitrogens is 2. The summed E-state index contributed by atoms with van der Waals surface area (Å²) in [6, 6.07) is 12.3. The van der Waals surface area contributed by atoms with Crippen molar-refractivity contribution in [2.45, 2.75) is 113 Å². The number of sulfonamides is 1. The number of carbonyl (C=O) groups excluding carboxylic acids is 3. The van der Waals surface area contributed by atoms with Crippen LogP contribution in [0.1, 0.15) is 84.6 Å². The number of nitrogens with zero attached hydrogens (tertiary/aromatic N) is 3. The van der Waals surface area contributed by atoms with E-state index < -0.39 is 62.0 Å². The number of anilines is 1. The first-order valence-electron chi connectivity index (χ1n) is 18.3. The summed E-state index contributed by atoms with van der Waals surface area (Å²) < 4.78 is 50.0. The molecule has 1 saturated heterocycles. The second-order valence-corrected chi connectivity index (χ2v) is 17.5. The van der Waals surface area contributed by atoms with Gasteiger partial charge < -0.3 is 20.3 Å². The molecule has 1 aromatic heterocycles. The van der Waals surface area contributed by atoms with E-state index >= 15 is 0 Å². The summed E-state index contributed by atoms with van der Waals surface area (Å²) in [5, 5.41) is 6.32. The van der Waals surface area contributed by atoms with Gasteiger partial charge >= 0.3 is 0 Å². The van der Waals surface area contributed by atoms with Gasteiger partial charge in [0.1, 0.15) is 29.5 Å². The Bertz CT molecular complexity index is 2000. The van der Waals surface area contributed by atoms with Crippen LogP contribution in [0.3, 0.4) is 0 Å². The molecule has 2 aliphatic carbocycles. The number of fused-ring (bicyclic) bond motifs is 3. The molecule has 0 radical (unpaired) electrons. The first kappa shape index (κ1) is 35.9. The van der Waals surface area contributed by atoms with E-state index in [4.69, 9.17) is 4.74 Å². The normalized spacial score (nSPS) is 28.2. The fraction of sp³-hybridized carbons (Fsp3) is 0.526. The highest BCUT2D eigenvalue weighted by molar-refractivity contribution is 7.91. The van der Waals surface area contributed by atoms with Crippen molar-refractivity contribution in [3.63, 3.8) is 0 Å². The molecule has 3 fully saturated rings. The Hall–Kier alpha value is -4.46. The van der Waals surface area contributed by atoms with Crippen LogP contribution in [0, 0.1) is 11.7 Å². The van der Waals surface area contributed by atoms with Crippen molar-refractivity contribution in [1.82, 2.24) is 24.5 Å². The molecular weight excluding hydrogens is 688 g/mol. The van der Waals surface area contributed by atoms with Crippen molar-refractivity contribution in [3.8, 4) is 6.01 Å². The second-order valence-electron chi connectivity index (χ2n) is 15.3. The van der Waals surface area contributed by atoms with Gasteiger partial charge in [-0.2, -0.15) is 4.98 Å². The molecular formula is C38H47FN6O6S. The molecule has 3 N–H and O–H groups in total. The van der Waals surface area contributed by atoms with Crippen molar-refractivity contribution in [2.24, 2.45) is 5.92 Å². The number of halogens is 1. The van der Waals surface area contributed by atoms with Gasteiger partial charge in [0, 0.05) is 30.1 Å². The summed E-state index contributed by atoms with van der Waals surface area (Å²) in [5.74, 6) is -2.44. The van der Waals surface area contributed by atoms with Gasteiger partial charge in [0.15, 0.2) is 0 Å². The van der Waals surface area contributed by atoms with E-state index in [2.05, 4.69) is 20.3 Å². The summed E-state index contributed by atoms with van der Waals surface area (Å²) in [4.78, 5) is 48.9. The molecule has 0 unspecified atom stereocenters. The van der Waals surface area contributed by atoms with Crippen molar-refractivity contribution in [3.05, 3.63) is 66.5 Å². The third-order valence-corrected chi connectivity index (χ3v) is 13.2. The van der Waals surface area contributed by atoms with Crippen LogP contribution in [0.15, 0.2) is 60.7 Å². The molecule has 3 heterocycles. The predicted octanol–water partition coefficient (Wildman–Crippen LogP) is 4.98. The highest BCUT2D eigenvalue weighted by Gasteiger charge is 2.63. The van der Waals surface area contributed by atoms with Crippen LogP contribution in [0.4, 0.5) is 10.1 Å². The Balaban J connectivity index is 1.21.